The highest BCUT2D eigenvalue weighted by Crippen LogP contribution is 2.27. The normalized spacial score (nSPS) is 21.0. The molecule has 0 radical (unpaired) electrons. The van der Waals surface area contributed by atoms with E-state index in [9.17, 15) is 5.11 Å². The second-order valence-electron chi connectivity index (χ2n) is 5.51. The number of thiophene rings is 1. The van der Waals surface area contributed by atoms with Crippen LogP contribution in [0.15, 0.2) is 12.1 Å². The second-order valence-corrected chi connectivity index (χ2v) is 6.71. The van der Waals surface area contributed by atoms with Crippen molar-refractivity contribution < 1.29 is 5.11 Å². The molecule has 0 saturated carbocycles. The third-order valence-corrected chi connectivity index (χ3v) is 5.07. The third-order valence-electron chi connectivity index (χ3n) is 3.93. The molecule has 108 valence electrons. The molecule has 0 aliphatic carbocycles. The van der Waals surface area contributed by atoms with Gasteiger partial charge in [-0.05, 0) is 44.5 Å². The lowest BCUT2D eigenvalue weighted by molar-refractivity contribution is 0.148. The van der Waals surface area contributed by atoms with Gasteiger partial charge in [0.2, 0.25) is 0 Å². The number of hydrogen-bond donors (Lipinski definition) is 2. The molecule has 19 heavy (non-hydrogen) atoms. The monoisotopic (exact) mass is 282 g/mol. The van der Waals surface area contributed by atoms with E-state index in [1.807, 2.05) is 13.0 Å². The van der Waals surface area contributed by atoms with Crippen LogP contribution in [-0.4, -0.2) is 29.1 Å². The summed E-state index contributed by atoms with van der Waals surface area (Å²) in [7, 11) is 0. The topological polar surface area (TPSA) is 49.5 Å². The molecule has 2 atom stereocenters. The summed E-state index contributed by atoms with van der Waals surface area (Å²) in [4.78, 5) is 4.90. The number of nitrogens with two attached hydrogens (primary N) is 1. The van der Waals surface area contributed by atoms with Crippen molar-refractivity contribution in [1.82, 2.24) is 4.90 Å². The number of aliphatic hydroxyl groups is 1. The van der Waals surface area contributed by atoms with E-state index in [1.54, 1.807) is 11.3 Å². The zero-order valence-electron chi connectivity index (χ0n) is 11.8. The van der Waals surface area contributed by atoms with E-state index in [0.29, 0.717) is 0 Å². The second kappa shape index (κ2) is 7.39. The van der Waals surface area contributed by atoms with E-state index in [4.69, 9.17) is 5.73 Å². The first-order chi connectivity index (χ1) is 9.20. The Kier molecular flexibility index (Phi) is 5.82. The summed E-state index contributed by atoms with van der Waals surface area (Å²) in [6, 6.07) is 4.04. The maximum atomic E-state index is 10.1. The molecule has 3 N–H and O–H groups in total. The molecule has 3 nitrogen and oxygen atoms in total. The molecule has 1 fully saturated rings. The van der Waals surface area contributed by atoms with Crippen molar-refractivity contribution >= 4 is 11.3 Å². The maximum absolute atomic E-state index is 10.1. The van der Waals surface area contributed by atoms with Gasteiger partial charge in [-0.2, -0.15) is 0 Å². The Bertz CT molecular complexity index is 372. The molecule has 2 unspecified atom stereocenters. The van der Waals surface area contributed by atoms with Gasteiger partial charge in [-0.1, -0.05) is 19.8 Å². The smallest absolute Gasteiger partial charge is 0.103 e. The largest absolute Gasteiger partial charge is 0.386 e. The number of hydrogen-bond acceptors (Lipinski definition) is 4. The van der Waals surface area contributed by atoms with E-state index in [1.165, 1.54) is 43.6 Å². The molecule has 1 aliphatic rings. The molecule has 1 aromatic heterocycles. The van der Waals surface area contributed by atoms with Gasteiger partial charge < -0.3 is 10.8 Å². The van der Waals surface area contributed by atoms with Crippen molar-refractivity contribution in [2.45, 2.75) is 57.7 Å². The van der Waals surface area contributed by atoms with E-state index < -0.39 is 6.10 Å². The Labute approximate surface area is 120 Å². The lowest BCUT2D eigenvalue weighted by Crippen LogP contribution is -2.26. The van der Waals surface area contributed by atoms with Crippen molar-refractivity contribution in [2.75, 3.05) is 13.1 Å². The van der Waals surface area contributed by atoms with Gasteiger partial charge in [-0.3, -0.25) is 4.90 Å². The molecular weight excluding hydrogens is 256 g/mol. The highest BCUT2D eigenvalue weighted by Gasteiger charge is 2.18. The van der Waals surface area contributed by atoms with Gasteiger partial charge in [-0.25, -0.2) is 0 Å². The first-order valence-corrected chi connectivity index (χ1v) is 8.27. The summed E-state index contributed by atoms with van der Waals surface area (Å²) in [6.45, 7) is 5.47. The minimum absolute atomic E-state index is 0.148. The van der Waals surface area contributed by atoms with Crippen molar-refractivity contribution in [1.29, 1.82) is 0 Å². The molecule has 2 rings (SSSR count). The Hall–Kier alpha value is -0.420. The van der Waals surface area contributed by atoms with Gasteiger partial charge in [0.1, 0.15) is 6.10 Å². The van der Waals surface area contributed by atoms with Crippen LogP contribution in [0.5, 0.6) is 0 Å². The highest BCUT2D eigenvalue weighted by atomic mass is 32.1. The van der Waals surface area contributed by atoms with Gasteiger partial charge in [0.25, 0.3) is 0 Å². The zero-order chi connectivity index (χ0) is 13.7. The molecule has 1 saturated heterocycles. The van der Waals surface area contributed by atoms with Gasteiger partial charge in [-0.15, -0.1) is 11.3 Å². The van der Waals surface area contributed by atoms with Gasteiger partial charge >= 0.3 is 0 Å². The van der Waals surface area contributed by atoms with Gasteiger partial charge in [0, 0.05) is 22.3 Å². The fourth-order valence-electron chi connectivity index (χ4n) is 2.59. The fourth-order valence-corrected chi connectivity index (χ4v) is 3.70. The zero-order valence-corrected chi connectivity index (χ0v) is 12.7. The first-order valence-electron chi connectivity index (χ1n) is 7.45. The van der Waals surface area contributed by atoms with Crippen molar-refractivity contribution in [3.63, 3.8) is 0 Å². The molecule has 0 aromatic carbocycles. The molecule has 0 amide bonds. The summed E-state index contributed by atoms with van der Waals surface area (Å²) < 4.78 is 0. The van der Waals surface area contributed by atoms with E-state index in [2.05, 4.69) is 11.0 Å². The van der Waals surface area contributed by atoms with Crippen LogP contribution in [0, 0.1) is 0 Å². The number of rotatable bonds is 5. The van der Waals surface area contributed by atoms with Crippen LogP contribution in [0.1, 0.15) is 54.9 Å². The Morgan fingerprint density at radius 2 is 1.95 bits per heavy atom. The van der Waals surface area contributed by atoms with E-state index in [0.717, 1.165) is 17.8 Å². The maximum Gasteiger partial charge on any atom is 0.103 e. The van der Waals surface area contributed by atoms with Crippen molar-refractivity contribution in [3.05, 3.63) is 21.9 Å². The SMILES string of the molecule is CCC(N)C(O)c1ccc(CN2CCCCCC2)s1. The lowest BCUT2D eigenvalue weighted by Gasteiger charge is -2.18. The Morgan fingerprint density at radius 1 is 1.26 bits per heavy atom. The molecule has 4 heteroatoms. The molecule has 0 bridgehead atoms. The average Bonchev–Trinajstić information content (AvgIpc) is 2.73. The fraction of sp³-hybridized carbons (Fsp3) is 0.733. The Morgan fingerprint density at radius 3 is 2.58 bits per heavy atom. The van der Waals surface area contributed by atoms with Crippen LogP contribution in [0.25, 0.3) is 0 Å². The molecule has 1 aliphatic heterocycles. The van der Waals surface area contributed by atoms with E-state index >= 15 is 0 Å². The van der Waals surface area contributed by atoms with Crippen LogP contribution in [-0.2, 0) is 6.54 Å². The lowest BCUT2D eigenvalue weighted by atomic mass is 10.1. The standard InChI is InChI=1S/C15H26N2OS/c1-2-13(16)15(18)14-8-7-12(19-14)11-17-9-5-3-4-6-10-17/h7-8,13,15,18H,2-6,9-11,16H2,1H3. The third kappa shape index (κ3) is 4.28. The summed E-state index contributed by atoms with van der Waals surface area (Å²) >= 11 is 1.71. The molecule has 1 aromatic rings. The summed E-state index contributed by atoms with van der Waals surface area (Å²) in [5, 5.41) is 10.1. The summed E-state index contributed by atoms with van der Waals surface area (Å²) in [5.41, 5.74) is 5.91. The number of aliphatic hydroxyl groups excluding tert-OH is 1. The van der Waals surface area contributed by atoms with Crippen LogP contribution in [0.2, 0.25) is 0 Å². The summed E-state index contributed by atoms with van der Waals surface area (Å²) in [6.07, 6.45) is 5.68. The minimum atomic E-state index is -0.507. The molecule has 0 spiro atoms. The molecular formula is C15H26N2OS. The van der Waals surface area contributed by atoms with Gasteiger partial charge in [0.05, 0.1) is 0 Å². The highest BCUT2D eigenvalue weighted by molar-refractivity contribution is 7.12. The minimum Gasteiger partial charge on any atom is -0.386 e. The van der Waals surface area contributed by atoms with Crippen LogP contribution >= 0.6 is 11.3 Å². The van der Waals surface area contributed by atoms with Crippen molar-refractivity contribution in [3.8, 4) is 0 Å². The van der Waals surface area contributed by atoms with E-state index in [-0.39, 0.29) is 6.04 Å². The summed E-state index contributed by atoms with van der Waals surface area (Å²) in [5.74, 6) is 0. The van der Waals surface area contributed by atoms with Gasteiger partial charge in [0.15, 0.2) is 0 Å². The predicted octanol–water partition coefficient (Wildman–Crippen LogP) is 2.89. The molecule has 2 heterocycles. The quantitative estimate of drug-likeness (QED) is 0.873. The predicted molar refractivity (Wildman–Crippen MR) is 81.3 cm³/mol. The average molecular weight is 282 g/mol. The first kappa shape index (κ1) is 15.0. The van der Waals surface area contributed by atoms with Crippen LogP contribution < -0.4 is 5.73 Å². The number of likely N-dealkylation sites (tertiary alicyclic amines) is 1. The van der Waals surface area contributed by atoms with Crippen molar-refractivity contribution in [2.24, 2.45) is 5.73 Å². The van der Waals surface area contributed by atoms with Crippen LogP contribution in [0.3, 0.4) is 0 Å². The Balaban J connectivity index is 1.92. The number of nitrogens with zero attached hydrogens (tertiary/aromatic N) is 1. The van der Waals surface area contributed by atoms with Crippen LogP contribution in [0.4, 0.5) is 0 Å².